The molecule has 0 aromatic heterocycles. The monoisotopic (exact) mass is 234 g/mol. The summed E-state index contributed by atoms with van der Waals surface area (Å²) in [5.74, 6) is 1.74. The summed E-state index contributed by atoms with van der Waals surface area (Å²) in [6.07, 6.45) is 3.59. The molecule has 1 aliphatic rings. The minimum Gasteiger partial charge on any atom is -0.493 e. The zero-order valence-corrected chi connectivity index (χ0v) is 10.5. The molecule has 0 amide bonds. The van der Waals surface area contributed by atoms with Crippen LogP contribution in [0.2, 0.25) is 0 Å². The first kappa shape index (κ1) is 12.4. The van der Waals surface area contributed by atoms with Gasteiger partial charge in [0.1, 0.15) is 5.75 Å². The maximum absolute atomic E-state index is 5.99. The molecule has 1 aromatic carbocycles. The Kier molecular flexibility index (Phi) is 4.02. The van der Waals surface area contributed by atoms with E-state index in [1.54, 1.807) is 0 Å². The standard InChI is InChI=1S/C14H22N2O/c1-2-11-7-12(17-9-10-3-4-10)5-6-13(11)14(16)8-15/h5-7,10,14H,2-4,8-9,15-16H2,1H3. The van der Waals surface area contributed by atoms with Gasteiger partial charge in [-0.05, 0) is 48.4 Å². The van der Waals surface area contributed by atoms with Crippen LogP contribution in [0.4, 0.5) is 0 Å². The molecule has 1 aromatic rings. The van der Waals surface area contributed by atoms with E-state index in [9.17, 15) is 0 Å². The van der Waals surface area contributed by atoms with Gasteiger partial charge in [0.15, 0.2) is 0 Å². The predicted molar refractivity (Wildman–Crippen MR) is 70.0 cm³/mol. The number of aryl methyl sites for hydroxylation is 1. The highest BCUT2D eigenvalue weighted by Crippen LogP contribution is 2.30. The molecule has 17 heavy (non-hydrogen) atoms. The van der Waals surface area contributed by atoms with Crippen molar-refractivity contribution in [2.75, 3.05) is 13.2 Å². The van der Waals surface area contributed by atoms with Gasteiger partial charge in [-0.15, -0.1) is 0 Å². The summed E-state index contributed by atoms with van der Waals surface area (Å²) in [5.41, 5.74) is 14.0. The second-order valence-electron chi connectivity index (χ2n) is 4.81. The summed E-state index contributed by atoms with van der Waals surface area (Å²) in [5, 5.41) is 0. The van der Waals surface area contributed by atoms with E-state index < -0.39 is 0 Å². The normalized spacial score (nSPS) is 16.9. The molecule has 0 saturated heterocycles. The Morgan fingerprint density at radius 3 is 2.76 bits per heavy atom. The lowest BCUT2D eigenvalue weighted by Crippen LogP contribution is -2.22. The maximum atomic E-state index is 5.99. The molecule has 1 atom stereocenters. The molecule has 0 radical (unpaired) electrons. The van der Waals surface area contributed by atoms with Crippen molar-refractivity contribution in [2.45, 2.75) is 32.2 Å². The van der Waals surface area contributed by atoms with E-state index in [-0.39, 0.29) is 6.04 Å². The summed E-state index contributed by atoms with van der Waals surface area (Å²) >= 11 is 0. The fraction of sp³-hybridized carbons (Fsp3) is 0.571. The van der Waals surface area contributed by atoms with Crippen LogP contribution in [0.15, 0.2) is 18.2 Å². The third-order valence-corrected chi connectivity index (χ3v) is 3.33. The molecule has 1 unspecified atom stereocenters. The number of rotatable bonds is 6. The van der Waals surface area contributed by atoms with Crippen molar-refractivity contribution in [1.82, 2.24) is 0 Å². The van der Waals surface area contributed by atoms with Crippen molar-refractivity contribution in [3.8, 4) is 5.75 Å². The lowest BCUT2D eigenvalue weighted by Gasteiger charge is -2.15. The van der Waals surface area contributed by atoms with Gasteiger partial charge >= 0.3 is 0 Å². The van der Waals surface area contributed by atoms with Crippen molar-refractivity contribution in [2.24, 2.45) is 17.4 Å². The predicted octanol–water partition coefficient (Wildman–Crippen LogP) is 2.00. The molecular formula is C14H22N2O. The van der Waals surface area contributed by atoms with E-state index in [4.69, 9.17) is 16.2 Å². The van der Waals surface area contributed by atoms with E-state index in [0.717, 1.165) is 30.3 Å². The molecule has 0 aliphatic heterocycles. The summed E-state index contributed by atoms with van der Waals surface area (Å²) < 4.78 is 5.77. The van der Waals surface area contributed by atoms with Gasteiger partial charge in [0, 0.05) is 12.6 Å². The van der Waals surface area contributed by atoms with E-state index in [1.165, 1.54) is 18.4 Å². The number of ether oxygens (including phenoxy) is 1. The molecular weight excluding hydrogens is 212 g/mol. The van der Waals surface area contributed by atoms with Crippen LogP contribution in [-0.2, 0) is 6.42 Å². The lowest BCUT2D eigenvalue weighted by molar-refractivity contribution is 0.299. The minimum absolute atomic E-state index is 0.0672. The first-order valence-electron chi connectivity index (χ1n) is 6.45. The zero-order chi connectivity index (χ0) is 12.3. The highest BCUT2D eigenvalue weighted by molar-refractivity contribution is 5.37. The molecule has 3 nitrogen and oxygen atoms in total. The number of hydrogen-bond acceptors (Lipinski definition) is 3. The average Bonchev–Trinajstić information content (AvgIpc) is 3.19. The third-order valence-electron chi connectivity index (χ3n) is 3.33. The van der Waals surface area contributed by atoms with Crippen LogP contribution in [0.25, 0.3) is 0 Å². The third kappa shape index (κ3) is 3.20. The number of benzene rings is 1. The van der Waals surface area contributed by atoms with E-state index >= 15 is 0 Å². The van der Waals surface area contributed by atoms with Crippen molar-refractivity contribution >= 4 is 0 Å². The van der Waals surface area contributed by atoms with Gasteiger partial charge in [-0.2, -0.15) is 0 Å². The fourth-order valence-corrected chi connectivity index (χ4v) is 1.97. The Bertz CT molecular complexity index is 374. The number of nitrogens with two attached hydrogens (primary N) is 2. The summed E-state index contributed by atoms with van der Waals surface area (Å²) in [6.45, 7) is 3.47. The molecule has 1 fully saturated rings. The second-order valence-corrected chi connectivity index (χ2v) is 4.81. The van der Waals surface area contributed by atoms with Crippen LogP contribution >= 0.6 is 0 Å². The Labute approximate surface area is 103 Å². The van der Waals surface area contributed by atoms with Crippen LogP contribution < -0.4 is 16.2 Å². The van der Waals surface area contributed by atoms with Gasteiger partial charge in [0.2, 0.25) is 0 Å². The Balaban J connectivity index is 2.08. The van der Waals surface area contributed by atoms with Crippen LogP contribution in [0.5, 0.6) is 5.75 Å². The first-order valence-corrected chi connectivity index (χ1v) is 6.45. The molecule has 3 heteroatoms. The zero-order valence-electron chi connectivity index (χ0n) is 10.5. The van der Waals surface area contributed by atoms with Crippen LogP contribution in [0.1, 0.15) is 36.9 Å². The van der Waals surface area contributed by atoms with Gasteiger partial charge < -0.3 is 16.2 Å². The van der Waals surface area contributed by atoms with E-state index in [0.29, 0.717) is 6.54 Å². The number of hydrogen-bond donors (Lipinski definition) is 2. The van der Waals surface area contributed by atoms with E-state index in [2.05, 4.69) is 19.1 Å². The van der Waals surface area contributed by atoms with Gasteiger partial charge in [0.05, 0.1) is 6.61 Å². The van der Waals surface area contributed by atoms with Crippen molar-refractivity contribution in [3.63, 3.8) is 0 Å². The lowest BCUT2D eigenvalue weighted by atomic mass is 9.99. The molecule has 0 spiro atoms. The molecule has 94 valence electrons. The Morgan fingerprint density at radius 1 is 1.41 bits per heavy atom. The largest absolute Gasteiger partial charge is 0.493 e. The topological polar surface area (TPSA) is 61.3 Å². The van der Waals surface area contributed by atoms with Crippen LogP contribution in [-0.4, -0.2) is 13.2 Å². The van der Waals surface area contributed by atoms with Gasteiger partial charge in [0.25, 0.3) is 0 Å². The molecule has 0 heterocycles. The van der Waals surface area contributed by atoms with Gasteiger partial charge in [-0.1, -0.05) is 13.0 Å². The van der Waals surface area contributed by atoms with Crippen LogP contribution in [0, 0.1) is 5.92 Å². The van der Waals surface area contributed by atoms with Crippen molar-refractivity contribution in [1.29, 1.82) is 0 Å². The average molecular weight is 234 g/mol. The fourth-order valence-electron chi connectivity index (χ4n) is 1.97. The van der Waals surface area contributed by atoms with Gasteiger partial charge in [-0.3, -0.25) is 0 Å². The first-order chi connectivity index (χ1) is 8.24. The minimum atomic E-state index is -0.0672. The quantitative estimate of drug-likeness (QED) is 0.791. The molecule has 4 N–H and O–H groups in total. The summed E-state index contributed by atoms with van der Waals surface area (Å²) in [6, 6.07) is 6.10. The van der Waals surface area contributed by atoms with Crippen molar-refractivity contribution in [3.05, 3.63) is 29.3 Å². The molecule has 1 aliphatic carbocycles. The SMILES string of the molecule is CCc1cc(OCC2CC2)ccc1C(N)CN. The molecule has 1 saturated carbocycles. The maximum Gasteiger partial charge on any atom is 0.119 e. The second kappa shape index (κ2) is 5.52. The van der Waals surface area contributed by atoms with Crippen LogP contribution in [0.3, 0.4) is 0 Å². The van der Waals surface area contributed by atoms with E-state index in [1.807, 2.05) is 6.07 Å². The highest BCUT2D eigenvalue weighted by Gasteiger charge is 2.22. The Hall–Kier alpha value is -1.06. The molecule has 0 bridgehead atoms. The highest BCUT2D eigenvalue weighted by atomic mass is 16.5. The smallest absolute Gasteiger partial charge is 0.119 e. The van der Waals surface area contributed by atoms with Gasteiger partial charge in [-0.25, -0.2) is 0 Å². The summed E-state index contributed by atoms with van der Waals surface area (Å²) in [4.78, 5) is 0. The molecule has 2 rings (SSSR count). The van der Waals surface area contributed by atoms with Crippen molar-refractivity contribution < 1.29 is 4.74 Å². The Morgan fingerprint density at radius 2 is 2.18 bits per heavy atom. The summed E-state index contributed by atoms with van der Waals surface area (Å²) in [7, 11) is 0.